The summed E-state index contributed by atoms with van der Waals surface area (Å²) in [4.78, 5) is 22.9. The number of carbonyl (C=O) groups is 2. The molecular formula is C13H27N3O3. The van der Waals surface area contributed by atoms with Crippen molar-refractivity contribution in [3.05, 3.63) is 0 Å². The minimum atomic E-state index is -0.171. The second-order valence-electron chi connectivity index (χ2n) is 5.61. The summed E-state index contributed by atoms with van der Waals surface area (Å²) in [5.41, 5.74) is -0.0637. The van der Waals surface area contributed by atoms with E-state index in [1.807, 2.05) is 20.8 Å². The van der Waals surface area contributed by atoms with Crippen LogP contribution in [0.15, 0.2) is 0 Å². The Morgan fingerprint density at radius 2 is 1.68 bits per heavy atom. The van der Waals surface area contributed by atoms with Crippen LogP contribution in [-0.2, 0) is 14.3 Å². The molecule has 3 N–H and O–H groups in total. The average Bonchev–Trinajstić information content (AvgIpc) is 2.29. The molecule has 6 heteroatoms. The largest absolute Gasteiger partial charge is 0.383 e. The molecule has 0 saturated heterocycles. The molecule has 6 nitrogen and oxygen atoms in total. The number of hydrogen-bond donors (Lipinski definition) is 3. The van der Waals surface area contributed by atoms with Gasteiger partial charge >= 0.3 is 0 Å². The maximum Gasteiger partial charge on any atom is 0.239 e. The number of ether oxygens (including phenoxy) is 1. The van der Waals surface area contributed by atoms with Crippen molar-refractivity contribution in [3.63, 3.8) is 0 Å². The maximum atomic E-state index is 11.5. The van der Waals surface area contributed by atoms with Crippen LogP contribution in [0.1, 0.15) is 27.2 Å². The van der Waals surface area contributed by atoms with Crippen molar-refractivity contribution in [2.75, 3.05) is 39.9 Å². The second kappa shape index (κ2) is 9.75. The standard InChI is InChI=1S/C13H27N3O3/c1-13(2,3)9-11(17)16-10-12(18)15-6-5-14-7-8-19-4/h14H,5-10H2,1-4H3,(H,15,18)(H,16,17). The van der Waals surface area contributed by atoms with Gasteiger partial charge in [0.15, 0.2) is 0 Å². The topological polar surface area (TPSA) is 79.5 Å². The molecule has 0 saturated carbocycles. The van der Waals surface area contributed by atoms with E-state index in [4.69, 9.17) is 4.74 Å². The van der Waals surface area contributed by atoms with Gasteiger partial charge in [-0.3, -0.25) is 9.59 Å². The van der Waals surface area contributed by atoms with Gasteiger partial charge < -0.3 is 20.7 Å². The first-order chi connectivity index (χ1) is 8.85. The van der Waals surface area contributed by atoms with Crippen LogP contribution < -0.4 is 16.0 Å². The molecule has 0 aliphatic rings. The molecule has 112 valence electrons. The maximum absolute atomic E-state index is 11.5. The van der Waals surface area contributed by atoms with Gasteiger partial charge in [0.2, 0.25) is 11.8 Å². The summed E-state index contributed by atoms with van der Waals surface area (Å²) in [5.74, 6) is -0.267. The van der Waals surface area contributed by atoms with E-state index in [0.29, 0.717) is 26.1 Å². The number of hydrogen-bond acceptors (Lipinski definition) is 4. The molecule has 0 aromatic heterocycles. The molecule has 2 amide bonds. The summed E-state index contributed by atoms with van der Waals surface area (Å²) < 4.78 is 4.88. The zero-order valence-corrected chi connectivity index (χ0v) is 12.5. The van der Waals surface area contributed by atoms with Crippen LogP contribution in [0.5, 0.6) is 0 Å². The number of nitrogens with one attached hydrogen (secondary N) is 3. The molecule has 0 spiro atoms. The number of methoxy groups -OCH3 is 1. The highest BCUT2D eigenvalue weighted by molar-refractivity contribution is 5.84. The Bertz CT molecular complexity index is 275. The Kier molecular flexibility index (Phi) is 9.16. The lowest BCUT2D eigenvalue weighted by Crippen LogP contribution is -2.40. The van der Waals surface area contributed by atoms with Crippen LogP contribution in [-0.4, -0.2) is 51.7 Å². The normalized spacial score (nSPS) is 11.2. The highest BCUT2D eigenvalue weighted by Crippen LogP contribution is 2.17. The molecule has 0 fully saturated rings. The molecule has 0 heterocycles. The monoisotopic (exact) mass is 273 g/mol. The van der Waals surface area contributed by atoms with Crippen LogP contribution in [0, 0.1) is 5.41 Å². The Labute approximate surface area is 115 Å². The van der Waals surface area contributed by atoms with Gasteiger partial charge in [0, 0.05) is 33.2 Å². The third kappa shape index (κ3) is 13.1. The van der Waals surface area contributed by atoms with Crippen molar-refractivity contribution in [1.82, 2.24) is 16.0 Å². The third-order valence-corrected chi connectivity index (χ3v) is 2.24. The molecule has 0 rings (SSSR count). The van der Waals surface area contributed by atoms with Gasteiger partial charge in [-0.2, -0.15) is 0 Å². The summed E-state index contributed by atoms with van der Waals surface area (Å²) >= 11 is 0. The van der Waals surface area contributed by atoms with Crippen molar-refractivity contribution in [3.8, 4) is 0 Å². The fourth-order valence-corrected chi connectivity index (χ4v) is 1.38. The molecule has 19 heavy (non-hydrogen) atoms. The van der Waals surface area contributed by atoms with Gasteiger partial charge in [0.05, 0.1) is 13.2 Å². The van der Waals surface area contributed by atoms with E-state index in [2.05, 4.69) is 16.0 Å². The number of amides is 2. The molecule has 0 aromatic rings. The first-order valence-corrected chi connectivity index (χ1v) is 6.58. The van der Waals surface area contributed by atoms with Crippen LogP contribution in [0.25, 0.3) is 0 Å². The molecule has 0 radical (unpaired) electrons. The lowest BCUT2D eigenvalue weighted by atomic mass is 9.92. The molecule has 0 atom stereocenters. The predicted octanol–water partition coefficient (Wildman–Crippen LogP) is -0.109. The van der Waals surface area contributed by atoms with Gasteiger partial charge in [-0.15, -0.1) is 0 Å². The van der Waals surface area contributed by atoms with E-state index in [-0.39, 0.29) is 23.8 Å². The number of carbonyl (C=O) groups excluding carboxylic acids is 2. The quantitative estimate of drug-likeness (QED) is 0.512. The SMILES string of the molecule is COCCNCCNC(=O)CNC(=O)CC(C)(C)C. The van der Waals surface area contributed by atoms with E-state index in [0.717, 1.165) is 6.54 Å². The first-order valence-electron chi connectivity index (χ1n) is 6.58. The molecular weight excluding hydrogens is 246 g/mol. The van der Waals surface area contributed by atoms with E-state index >= 15 is 0 Å². The highest BCUT2D eigenvalue weighted by atomic mass is 16.5. The second-order valence-corrected chi connectivity index (χ2v) is 5.61. The third-order valence-electron chi connectivity index (χ3n) is 2.24. The smallest absolute Gasteiger partial charge is 0.239 e. The van der Waals surface area contributed by atoms with Crippen molar-refractivity contribution < 1.29 is 14.3 Å². The van der Waals surface area contributed by atoms with Crippen molar-refractivity contribution >= 4 is 11.8 Å². The van der Waals surface area contributed by atoms with Gasteiger partial charge in [-0.25, -0.2) is 0 Å². The number of rotatable bonds is 9. The molecule has 0 aromatic carbocycles. The van der Waals surface area contributed by atoms with Crippen LogP contribution in [0.2, 0.25) is 0 Å². The van der Waals surface area contributed by atoms with Crippen molar-refractivity contribution in [2.24, 2.45) is 5.41 Å². The molecule has 0 aliphatic carbocycles. The van der Waals surface area contributed by atoms with E-state index in [9.17, 15) is 9.59 Å². The minimum Gasteiger partial charge on any atom is -0.383 e. The molecule has 0 aliphatic heterocycles. The van der Waals surface area contributed by atoms with Gasteiger partial charge in [0.25, 0.3) is 0 Å². The fraction of sp³-hybridized carbons (Fsp3) is 0.846. The first kappa shape index (κ1) is 17.9. The van der Waals surface area contributed by atoms with Gasteiger partial charge in [-0.05, 0) is 5.41 Å². The van der Waals surface area contributed by atoms with E-state index in [1.165, 1.54) is 0 Å². The van der Waals surface area contributed by atoms with Gasteiger partial charge in [0.1, 0.15) is 0 Å². The Hall–Kier alpha value is -1.14. The summed E-state index contributed by atoms with van der Waals surface area (Å²) in [6, 6.07) is 0. The minimum absolute atomic E-state index is 0.0347. The highest BCUT2D eigenvalue weighted by Gasteiger charge is 2.16. The van der Waals surface area contributed by atoms with Gasteiger partial charge in [-0.1, -0.05) is 20.8 Å². The zero-order chi connectivity index (χ0) is 14.7. The Morgan fingerprint density at radius 1 is 1.00 bits per heavy atom. The summed E-state index contributed by atoms with van der Waals surface area (Å²) in [6.07, 6.45) is 0.416. The Balaban J connectivity index is 3.52. The van der Waals surface area contributed by atoms with Crippen molar-refractivity contribution in [2.45, 2.75) is 27.2 Å². The molecule has 0 unspecified atom stereocenters. The van der Waals surface area contributed by atoms with Crippen LogP contribution in [0.4, 0.5) is 0 Å². The van der Waals surface area contributed by atoms with E-state index < -0.39 is 0 Å². The van der Waals surface area contributed by atoms with Crippen molar-refractivity contribution in [1.29, 1.82) is 0 Å². The fourth-order valence-electron chi connectivity index (χ4n) is 1.38. The summed E-state index contributed by atoms with van der Waals surface area (Å²) in [6.45, 7) is 8.62. The lowest BCUT2D eigenvalue weighted by molar-refractivity contribution is -0.127. The predicted molar refractivity (Wildman–Crippen MR) is 74.8 cm³/mol. The Morgan fingerprint density at radius 3 is 2.26 bits per heavy atom. The summed E-state index contributed by atoms with van der Waals surface area (Å²) in [5, 5.41) is 8.44. The van der Waals surface area contributed by atoms with Crippen LogP contribution >= 0.6 is 0 Å². The van der Waals surface area contributed by atoms with Crippen LogP contribution in [0.3, 0.4) is 0 Å². The zero-order valence-electron chi connectivity index (χ0n) is 12.5. The van der Waals surface area contributed by atoms with E-state index in [1.54, 1.807) is 7.11 Å². The molecule has 0 bridgehead atoms. The average molecular weight is 273 g/mol. The summed E-state index contributed by atoms with van der Waals surface area (Å²) in [7, 11) is 1.64. The lowest BCUT2D eigenvalue weighted by Gasteiger charge is -2.17.